The molecule has 2 aromatic carbocycles. The molecule has 0 aliphatic carbocycles. The Morgan fingerprint density at radius 1 is 1.07 bits per heavy atom. The number of piperazine rings is 1. The molecule has 152 valence electrons. The second kappa shape index (κ2) is 8.94. The number of nitrogens with one attached hydrogen (secondary N) is 1. The molecule has 0 spiro atoms. The van der Waals surface area contributed by atoms with Gasteiger partial charge < -0.3 is 14.5 Å². The van der Waals surface area contributed by atoms with Gasteiger partial charge in [-0.05, 0) is 48.5 Å². The Balaban J connectivity index is 1.52. The fourth-order valence-electron chi connectivity index (χ4n) is 3.07. The third-order valence-corrected chi connectivity index (χ3v) is 6.19. The average molecular weight is 414 g/mol. The molecule has 1 aliphatic rings. The Hall–Kier alpha value is -3.09. The highest BCUT2D eigenvalue weighted by Crippen LogP contribution is 2.20. The van der Waals surface area contributed by atoms with Gasteiger partial charge in [-0.25, -0.2) is 13.1 Å². The van der Waals surface area contributed by atoms with E-state index in [1.54, 1.807) is 12.0 Å². The van der Waals surface area contributed by atoms with Crippen LogP contribution in [0.5, 0.6) is 5.75 Å². The van der Waals surface area contributed by atoms with Crippen LogP contribution in [0.15, 0.2) is 53.4 Å². The Morgan fingerprint density at radius 2 is 1.69 bits per heavy atom. The van der Waals surface area contributed by atoms with E-state index in [0.717, 1.165) is 11.4 Å². The molecule has 0 saturated carbocycles. The van der Waals surface area contributed by atoms with Crippen molar-refractivity contribution >= 4 is 21.6 Å². The molecular weight excluding hydrogens is 392 g/mol. The number of benzene rings is 2. The number of nitrogens with zero attached hydrogens (tertiary/aromatic N) is 3. The van der Waals surface area contributed by atoms with Gasteiger partial charge in [0.25, 0.3) is 0 Å². The molecule has 0 atom stereocenters. The molecule has 0 aromatic heterocycles. The van der Waals surface area contributed by atoms with Gasteiger partial charge in [-0.3, -0.25) is 4.79 Å². The quantitative estimate of drug-likeness (QED) is 0.762. The molecule has 0 radical (unpaired) electrons. The van der Waals surface area contributed by atoms with Crippen LogP contribution < -0.4 is 14.4 Å². The SMILES string of the molecule is COc1ccc(N2CCN(C(=O)CNS(=O)(=O)c3ccc(C#N)cc3)CC2)cc1. The van der Waals surface area contributed by atoms with E-state index in [-0.39, 0.29) is 17.3 Å². The third-order valence-electron chi connectivity index (χ3n) is 4.78. The summed E-state index contributed by atoms with van der Waals surface area (Å²) in [6.45, 7) is 2.07. The maximum Gasteiger partial charge on any atom is 0.241 e. The number of carbonyl (C=O) groups excluding carboxylic acids is 1. The van der Waals surface area contributed by atoms with Gasteiger partial charge in [0.15, 0.2) is 0 Å². The summed E-state index contributed by atoms with van der Waals surface area (Å²) < 4.78 is 32.1. The van der Waals surface area contributed by atoms with Crippen molar-refractivity contribution in [2.45, 2.75) is 4.90 Å². The monoisotopic (exact) mass is 414 g/mol. The summed E-state index contributed by atoms with van der Waals surface area (Å²) in [5.74, 6) is 0.522. The predicted molar refractivity (Wildman–Crippen MR) is 108 cm³/mol. The molecule has 8 nitrogen and oxygen atoms in total. The van der Waals surface area contributed by atoms with Gasteiger partial charge >= 0.3 is 0 Å². The van der Waals surface area contributed by atoms with Crippen LogP contribution in [0.3, 0.4) is 0 Å². The first-order valence-corrected chi connectivity index (χ1v) is 10.6. The number of hydrogen-bond donors (Lipinski definition) is 1. The Kier molecular flexibility index (Phi) is 6.36. The molecule has 9 heteroatoms. The molecule has 1 saturated heterocycles. The van der Waals surface area contributed by atoms with Crippen LogP contribution >= 0.6 is 0 Å². The molecule has 29 heavy (non-hydrogen) atoms. The number of nitriles is 1. The summed E-state index contributed by atoms with van der Waals surface area (Å²) in [6, 6.07) is 15.2. The molecule has 1 heterocycles. The van der Waals surface area contributed by atoms with E-state index >= 15 is 0 Å². The van der Waals surface area contributed by atoms with E-state index in [1.807, 2.05) is 30.3 Å². The molecule has 1 fully saturated rings. The summed E-state index contributed by atoms with van der Waals surface area (Å²) in [6.07, 6.45) is 0. The molecule has 1 aliphatic heterocycles. The molecule has 0 unspecified atom stereocenters. The van der Waals surface area contributed by atoms with Crippen LogP contribution in [-0.2, 0) is 14.8 Å². The first-order chi connectivity index (χ1) is 13.9. The van der Waals surface area contributed by atoms with Crippen LogP contribution in [0.4, 0.5) is 5.69 Å². The average Bonchev–Trinajstić information content (AvgIpc) is 2.77. The maximum atomic E-state index is 12.4. The number of sulfonamides is 1. The number of carbonyl (C=O) groups is 1. The van der Waals surface area contributed by atoms with Crippen molar-refractivity contribution in [3.05, 3.63) is 54.1 Å². The Labute approximate surface area is 170 Å². The number of anilines is 1. The fourth-order valence-corrected chi connectivity index (χ4v) is 4.04. The lowest BCUT2D eigenvalue weighted by Crippen LogP contribution is -2.51. The normalized spacial score (nSPS) is 14.3. The minimum Gasteiger partial charge on any atom is -0.497 e. The number of amides is 1. The van der Waals surface area contributed by atoms with Crippen molar-refractivity contribution < 1.29 is 17.9 Å². The standard InChI is InChI=1S/C20H22N4O4S/c1-28-18-6-4-17(5-7-18)23-10-12-24(13-11-23)20(25)15-22-29(26,27)19-8-2-16(14-21)3-9-19/h2-9,22H,10-13,15H2,1H3. The highest BCUT2D eigenvalue weighted by Gasteiger charge is 2.23. The van der Waals surface area contributed by atoms with Crippen LogP contribution in [-0.4, -0.2) is 59.1 Å². The van der Waals surface area contributed by atoms with Gasteiger partial charge in [-0.15, -0.1) is 0 Å². The van der Waals surface area contributed by atoms with Gasteiger partial charge in [0.2, 0.25) is 15.9 Å². The maximum absolute atomic E-state index is 12.4. The zero-order valence-corrected chi connectivity index (χ0v) is 16.9. The third kappa shape index (κ3) is 5.04. The van der Waals surface area contributed by atoms with Gasteiger partial charge in [0.1, 0.15) is 5.75 Å². The van der Waals surface area contributed by atoms with Crippen LogP contribution in [0, 0.1) is 11.3 Å². The number of methoxy groups -OCH3 is 1. The van der Waals surface area contributed by atoms with Crippen molar-refractivity contribution in [1.29, 1.82) is 5.26 Å². The smallest absolute Gasteiger partial charge is 0.241 e. The number of ether oxygens (including phenoxy) is 1. The molecule has 1 amide bonds. The summed E-state index contributed by atoms with van der Waals surface area (Å²) in [5, 5.41) is 8.79. The van der Waals surface area contributed by atoms with Crippen molar-refractivity contribution in [3.8, 4) is 11.8 Å². The zero-order chi connectivity index (χ0) is 20.9. The Morgan fingerprint density at radius 3 is 2.24 bits per heavy atom. The van der Waals surface area contributed by atoms with Crippen LogP contribution in [0.25, 0.3) is 0 Å². The zero-order valence-electron chi connectivity index (χ0n) is 16.0. The van der Waals surface area contributed by atoms with Crippen molar-refractivity contribution in [1.82, 2.24) is 9.62 Å². The van der Waals surface area contributed by atoms with Crippen LogP contribution in [0.1, 0.15) is 5.56 Å². The molecule has 1 N–H and O–H groups in total. The predicted octanol–water partition coefficient (Wildman–Crippen LogP) is 1.19. The van der Waals surface area contributed by atoms with E-state index in [0.29, 0.717) is 31.7 Å². The van der Waals surface area contributed by atoms with Gasteiger partial charge in [0.05, 0.1) is 30.2 Å². The fraction of sp³-hybridized carbons (Fsp3) is 0.300. The molecule has 0 bridgehead atoms. The van der Waals surface area contributed by atoms with Crippen molar-refractivity contribution in [2.75, 3.05) is 44.7 Å². The number of hydrogen-bond acceptors (Lipinski definition) is 6. The highest BCUT2D eigenvalue weighted by atomic mass is 32.2. The first-order valence-electron chi connectivity index (χ1n) is 9.09. The van der Waals surface area contributed by atoms with E-state index in [9.17, 15) is 13.2 Å². The van der Waals surface area contributed by atoms with Gasteiger partial charge in [0, 0.05) is 31.9 Å². The largest absolute Gasteiger partial charge is 0.497 e. The van der Waals surface area contributed by atoms with E-state index < -0.39 is 10.0 Å². The highest BCUT2D eigenvalue weighted by molar-refractivity contribution is 7.89. The lowest BCUT2D eigenvalue weighted by atomic mass is 10.2. The second-order valence-corrected chi connectivity index (χ2v) is 8.29. The molecule has 2 aromatic rings. The van der Waals surface area contributed by atoms with E-state index in [2.05, 4.69) is 9.62 Å². The van der Waals surface area contributed by atoms with E-state index in [4.69, 9.17) is 10.00 Å². The van der Waals surface area contributed by atoms with Gasteiger partial charge in [-0.1, -0.05) is 0 Å². The number of rotatable bonds is 6. The first kappa shape index (κ1) is 20.6. The summed E-state index contributed by atoms with van der Waals surface area (Å²) in [7, 11) is -2.19. The van der Waals surface area contributed by atoms with Crippen LogP contribution in [0.2, 0.25) is 0 Å². The molecule has 3 rings (SSSR count). The lowest BCUT2D eigenvalue weighted by molar-refractivity contribution is -0.130. The molecular formula is C20H22N4O4S. The van der Waals surface area contributed by atoms with Crippen molar-refractivity contribution in [3.63, 3.8) is 0 Å². The summed E-state index contributed by atoms with van der Waals surface area (Å²) >= 11 is 0. The topological polar surface area (TPSA) is 103 Å². The minimum absolute atomic E-state index is 0.0219. The van der Waals surface area contributed by atoms with Crippen molar-refractivity contribution in [2.24, 2.45) is 0 Å². The lowest BCUT2D eigenvalue weighted by Gasteiger charge is -2.36. The Bertz CT molecular complexity index is 990. The second-order valence-electron chi connectivity index (χ2n) is 6.53. The summed E-state index contributed by atoms with van der Waals surface area (Å²) in [4.78, 5) is 16.3. The van der Waals surface area contributed by atoms with E-state index in [1.165, 1.54) is 24.3 Å². The summed E-state index contributed by atoms with van der Waals surface area (Å²) in [5.41, 5.74) is 1.43. The minimum atomic E-state index is -3.81. The van der Waals surface area contributed by atoms with Gasteiger partial charge in [-0.2, -0.15) is 5.26 Å².